The number of carbonyl (C=O) groups is 1. The van der Waals surface area contributed by atoms with Crippen molar-refractivity contribution in [1.82, 2.24) is 5.32 Å². The van der Waals surface area contributed by atoms with Gasteiger partial charge in [0.2, 0.25) is 0 Å². The van der Waals surface area contributed by atoms with Gasteiger partial charge >= 0.3 is 0 Å². The first kappa shape index (κ1) is 14.5. The molecule has 1 N–H and O–H groups in total. The monoisotopic (exact) mass is 367 g/mol. The molecule has 0 bridgehead atoms. The van der Waals surface area contributed by atoms with E-state index < -0.39 is 5.38 Å². The van der Waals surface area contributed by atoms with Gasteiger partial charge in [0.15, 0.2) is 0 Å². The summed E-state index contributed by atoms with van der Waals surface area (Å²) in [4.78, 5) is 11.9. The van der Waals surface area contributed by atoms with Crippen molar-refractivity contribution < 1.29 is 9.18 Å². The van der Waals surface area contributed by atoms with Crippen molar-refractivity contribution in [3.05, 3.63) is 68.9 Å². The van der Waals surface area contributed by atoms with Crippen molar-refractivity contribution in [3.8, 4) is 0 Å². The van der Waals surface area contributed by atoms with Crippen molar-refractivity contribution in [2.75, 3.05) is 6.54 Å². The fourth-order valence-corrected chi connectivity index (χ4v) is 3.17. The molecule has 1 aliphatic heterocycles. The third-order valence-electron chi connectivity index (χ3n) is 3.61. The van der Waals surface area contributed by atoms with Gasteiger partial charge in [-0.1, -0.05) is 24.3 Å². The van der Waals surface area contributed by atoms with Crippen LogP contribution in [0.15, 0.2) is 40.9 Å². The predicted octanol–water partition coefficient (Wildman–Crippen LogP) is 4.20. The molecular formula is C16H12BrClFNO. The van der Waals surface area contributed by atoms with Crippen LogP contribution < -0.4 is 5.32 Å². The molecule has 0 aromatic heterocycles. The Morgan fingerprint density at radius 1 is 1.29 bits per heavy atom. The lowest BCUT2D eigenvalue weighted by molar-refractivity contribution is 0.0946. The lowest BCUT2D eigenvalue weighted by Crippen LogP contribution is -2.31. The molecule has 0 saturated heterocycles. The topological polar surface area (TPSA) is 29.1 Å². The van der Waals surface area contributed by atoms with Crippen LogP contribution in [-0.4, -0.2) is 12.5 Å². The highest BCUT2D eigenvalue weighted by atomic mass is 79.9. The molecule has 0 spiro atoms. The first-order valence-corrected chi connectivity index (χ1v) is 7.80. The van der Waals surface area contributed by atoms with Crippen LogP contribution in [0.1, 0.15) is 32.4 Å². The smallest absolute Gasteiger partial charge is 0.251 e. The minimum absolute atomic E-state index is 0.100. The second-order valence-electron chi connectivity index (χ2n) is 4.93. The molecule has 1 atom stereocenters. The molecule has 2 aromatic rings. The summed E-state index contributed by atoms with van der Waals surface area (Å²) in [5.74, 6) is -0.476. The summed E-state index contributed by atoms with van der Waals surface area (Å²) in [7, 11) is 0. The number of alkyl halides is 1. The Hall–Kier alpha value is -1.39. The number of hydrogen-bond acceptors (Lipinski definition) is 1. The molecular weight excluding hydrogens is 357 g/mol. The Morgan fingerprint density at radius 3 is 2.90 bits per heavy atom. The molecule has 108 valence electrons. The lowest BCUT2D eigenvalue weighted by atomic mass is 9.95. The standard InChI is InChI=1S/C16H12BrClFNO/c17-13-3-1-2-11(15(13)19)14(18)10-5-4-9-6-7-20-16(21)12(9)8-10/h1-5,8,14H,6-7H2,(H,20,21). The van der Waals surface area contributed by atoms with Crippen LogP contribution in [0.5, 0.6) is 0 Å². The molecule has 0 fully saturated rings. The van der Waals surface area contributed by atoms with E-state index >= 15 is 0 Å². The minimum Gasteiger partial charge on any atom is -0.352 e. The third-order valence-corrected chi connectivity index (χ3v) is 4.71. The highest BCUT2D eigenvalue weighted by Gasteiger charge is 2.21. The van der Waals surface area contributed by atoms with E-state index in [0.29, 0.717) is 27.7 Å². The van der Waals surface area contributed by atoms with Gasteiger partial charge in [-0.05, 0) is 45.6 Å². The largest absolute Gasteiger partial charge is 0.352 e. The molecule has 0 radical (unpaired) electrons. The number of benzene rings is 2. The summed E-state index contributed by atoms with van der Waals surface area (Å²) >= 11 is 9.57. The zero-order chi connectivity index (χ0) is 15.0. The number of rotatable bonds is 2. The molecule has 1 amide bonds. The van der Waals surface area contributed by atoms with E-state index in [2.05, 4.69) is 21.2 Å². The SMILES string of the molecule is O=C1NCCc2ccc(C(Cl)c3cccc(Br)c3F)cc21. The van der Waals surface area contributed by atoms with Gasteiger partial charge in [0.1, 0.15) is 5.82 Å². The number of halogens is 3. The van der Waals surface area contributed by atoms with Crippen molar-refractivity contribution in [1.29, 1.82) is 0 Å². The maximum atomic E-state index is 14.1. The summed E-state index contributed by atoms with van der Waals surface area (Å²) < 4.78 is 14.5. The number of carbonyl (C=O) groups excluding carboxylic acids is 1. The second kappa shape index (κ2) is 5.78. The predicted molar refractivity (Wildman–Crippen MR) is 84.3 cm³/mol. The number of amides is 1. The van der Waals surface area contributed by atoms with E-state index in [1.165, 1.54) is 0 Å². The molecule has 2 nitrogen and oxygen atoms in total. The normalized spacial score (nSPS) is 15.3. The molecule has 1 heterocycles. The van der Waals surface area contributed by atoms with Gasteiger partial charge in [0, 0.05) is 17.7 Å². The molecule has 2 aromatic carbocycles. The summed E-state index contributed by atoms with van der Waals surface area (Å²) in [5, 5.41) is 2.16. The average Bonchev–Trinajstić information content (AvgIpc) is 2.49. The Morgan fingerprint density at radius 2 is 2.10 bits per heavy atom. The summed E-state index contributed by atoms with van der Waals surface area (Å²) in [5.41, 5.74) is 2.73. The van der Waals surface area contributed by atoms with Crippen molar-refractivity contribution in [2.24, 2.45) is 0 Å². The average molecular weight is 369 g/mol. The molecule has 21 heavy (non-hydrogen) atoms. The maximum absolute atomic E-state index is 14.1. The third kappa shape index (κ3) is 2.70. The van der Waals surface area contributed by atoms with Gasteiger partial charge < -0.3 is 5.32 Å². The van der Waals surface area contributed by atoms with Crippen LogP contribution in [-0.2, 0) is 6.42 Å². The first-order valence-electron chi connectivity index (χ1n) is 6.57. The Bertz CT molecular complexity index is 719. The van der Waals surface area contributed by atoms with Crippen molar-refractivity contribution in [2.45, 2.75) is 11.8 Å². The highest BCUT2D eigenvalue weighted by molar-refractivity contribution is 9.10. The van der Waals surface area contributed by atoms with Gasteiger partial charge in [-0.25, -0.2) is 4.39 Å². The van der Waals surface area contributed by atoms with Crippen LogP contribution in [0, 0.1) is 5.82 Å². The van der Waals surface area contributed by atoms with E-state index in [4.69, 9.17) is 11.6 Å². The van der Waals surface area contributed by atoms with Gasteiger partial charge in [0.05, 0.1) is 9.85 Å². The van der Waals surface area contributed by atoms with Crippen molar-refractivity contribution in [3.63, 3.8) is 0 Å². The summed E-state index contributed by atoms with van der Waals surface area (Å²) in [6.45, 7) is 0.649. The van der Waals surface area contributed by atoms with Crippen molar-refractivity contribution >= 4 is 33.4 Å². The lowest BCUT2D eigenvalue weighted by Gasteiger charge is -2.19. The molecule has 5 heteroatoms. The Balaban J connectivity index is 2.02. The summed E-state index contributed by atoms with van der Waals surface area (Å²) in [6, 6.07) is 10.5. The molecule has 3 rings (SSSR count). The van der Waals surface area contributed by atoms with Gasteiger partial charge in [-0.3, -0.25) is 4.79 Å². The van der Waals surface area contributed by atoms with Crippen LogP contribution in [0.2, 0.25) is 0 Å². The summed E-state index contributed by atoms with van der Waals surface area (Å²) in [6.07, 6.45) is 0.805. The molecule has 1 aliphatic rings. The maximum Gasteiger partial charge on any atom is 0.251 e. The van der Waals surface area contributed by atoms with Crippen LogP contribution >= 0.6 is 27.5 Å². The van der Waals surface area contributed by atoms with E-state index in [-0.39, 0.29) is 11.7 Å². The van der Waals surface area contributed by atoms with E-state index in [9.17, 15) is 9.18 Å². The number of fused-ring (bicyclic) bond motifs is 1. The van der Waals surface area contributed by atoms with Gasteiger partial charge in [0.25, 0.3) is 5.91 Å². The molecule has 1 unspecified atom stereocenters. The van der Waals surface area contributed by atoms with Crippen LogP contribution in [0.25, 0.3) is 0 Å². The zero-order valence-corrected chi connectivity index (χ0v) is 13.3. The fraction of sp³-hybridized carbons (Fsp3) is 0.188. The highest BCUT2D eigenvalue weighted by Crippen LogP contribution is 2.34. The van der Waals surface area contributed by atoms with E-state index in [1.807, 2.05) is 12.1 Å². The molecule has 0 aliphatic carbocycles. The van der Waals surface area contributed by atoms with E-state index in [0.717, 1.165) is 12.0 Å². The number of hydrogen-bond donors (Lipinski definition) is 1. The van der Waals surface area contributed by atoms with Crippen LogP contribution in [0.3, 0.4) is 0 Å². The van der Waals surface area contributed by atoms with Gasteiger partial charge in [-0.2, -0.15) is 0 Å². The first-order chi connectivity index (χ1) is 10.1. The Labute approximate surface area is 135 Å². The quantitative estimate of drug-likeness (QED) is 0.791. The minimum atomic E-state index is -0.637. The zero-order valence-electron chi connectivity index (χ0n) is 11.0. The Kier molecular flexibility index (Phi) is 4.00. The second-order valence-corrected chi connectivity index (χ2v) is 6.22. The molecule has 0 saturated carbocycles. The fourth-order valence-electron chi connectivity index (χ4n) is 2.48. The van der Waals surface area contributed by atoms with Crippen LogP contribution in [0.4, 0.5) is 4.39 Å². The van der Waals surface area contributed by atoms with Gasteiger partial charge in [-0.15, -0.1) is 11.6 Å². The van der Waals surface area contributed by atoms with E-state index in [1.54, 1.807) is 24.3 Å². The number of nitrogens with one attached hydrogen (secondary N) is 1.